The van der Waals surface area contributed by atoms with Gasteiger partial charge in [-0.25, -0.2) is 0 Å². The van der Waals surface area contributed by atoms with E-state index in [1.54, 1.807) is 14.0 Å². The SMILES string of the molecule is CCC(CN)C(C)(O)C(C)OC. The van der Waals surface area contributed by atoms with Gasteiger partial charge in [0.1, 0.15) is 0 Å². The number of rotatable bonds is 5. The van der Waals surface area contributed by atoms with Crippen LogP contribution in [0.2, 0.25) is 0 Å². The standard InChI is InChI=1S/C9H21NO2/c1-5-8(6-10)9(3,11)7(2)12-4/h7-8,11H,5-6,10H2,1-4H3. The van der Waals surface area contributed by atoms with Gasteiger partial charge in [0.05, 0.1) is 11.7 Å². The minimum Gasteiger partial charge on any atom is -0.387 e. The molecule has 0 radical (unpaired) electrons. The molecule has 0 heterocycles. The summed E-state index contributed by atoms with van der Waals surface area (Å²) in [6.45, 7) is 6.16. The molecule has 3 atom stereocenters. The van der Waals surface area contributed by atoms with Gasteiger partial charge in [-0.3, -0.25) is 0 Å². The third-order valence-electron chi connectivity index (χ3n) is 2.78. The normalized spacial score (nSPS) is 21.5. The summed E-state index contributed by atoms with van der Waals surface area (Å²) in [5, 5.41) is 10.0. The fraction of sp³-hybridized carbons (Fsp3) is 1.00. The molecule has 0 aromatic carbocycles. The van der Waals surface area contributed by atoms with Gasteiger partial charge in [0.2, 0.25) is 0 Å². The highest BCUT2D eigenvalue weighted by atomic mass is 16.5. The van der Waals surface area contributed by atoms with E-state index in [1.165, 1.54) is 0 Å². The van der Waals surface area contributed by atoms with Crippen LogP contribution in [0.5, 0.6) is 0 Å². The van der Waals surface area contributed by atoms with Crippen molar-refractivity contribution in [2.45, 2.75) is 38.9 Å². The molecule has 0 fully saturated rings. The number of methoxy groups -OCH3 is 1. The average Bonchev–Trinajstić information content (AvgIpc) is 2.04. The highest BCUT2D eigenvalue weighted by Crippen LogP contribution is 2.24. The summed E-state index contributed by atoms with van der Waals surface area (Å²) in [6, 6.07) is 0. The summed E-state index contributed by atoms with van der Waals surface area (Å²) < 4.78 is 5.09. The van der Waals surface area contributed by atoms with E-state index in [-0.39, 0.29) is 12.0 Å². The van der Waals surface area contributed by atoms with Gasteiger partial charge in [0.15, 0.2) is 0 Å². The first-order valence-corrected chi connectivity index (χ1v) is 4.45. The van der Waals surface area contributed by atoms with Crippen LogP contribution in [0, 0.1) is 5.92 Å². The van der Waals surface area contributed by atoms with Crippen LogP contribution >= 0.6 is 0 Å². The molecule has 3 heteroatoms. The molecule has 0 rings (SSSR count). The number of aliphatic hydroxyl groups is 1. The lowest BCUT2D eigenvalue weighted by molar-refractivity contribution is -0.107. The summed E-state index contributed by atoms with van der Waals surface area (Å²) in [7, 11) is 1.60. The summed E-state index contributed by atoms with van der Waals surface area (Å²) in [5.74, 6) is 0.104. The molecular weight excluding hydrogens is 154 g/mol. The third kappa shape index (κ3) is 2.44. The van der Waals surface area contributed by atoms with Crippen LogP contribution in [-0.2, 0) is 4.74 Å². The maximum Gasteiger partial charge on any atom is 0.0917 e. The molecule has 74 valence electrons. The van der Waals surface area contributed by atoms with E-state index in [0.717, 1.165) is 6.42 Å². The second-order valence-electron chi connectivity index (χ2n) is 3.44. The van der Waals surface area contributed by atoms with Gasteiger partial charge < -0.3 is 15.6 Å². The molecule has 12 heavy (non-hydrogen) atoms. The van der Waals surface area contributed by atoms with Gasteiger partial charge in [-0.2, -0.15) is 0 Å². The topological polar surface area (TPSA) is 55.5 Å². The summed E-state index contributed by atoms with van der Waals surface area (Å²) in [5.41, 5.74) is 4.73. The average molecular weight is 175 g/mol. The first-order chi connectivity index (χ1) is 5.50. The van der Waals surface area contributed by atoms with Gasteiger partial charge in [0.25, 0.3) is 0 Å². The van der Waals surface area contributed by atoms with Crippen molar-refractivity contribution >= 4 is 0 Å². The smallest absolute Gasteiger partial charge is 0.0917 e. The molecular formula is C9H21NO2. The molecule has 3 unspecified atom stereocenters. The lowest BCUT2D eigenvalue weighted by Crippen LogP contribution is -2.48. The molecule has 3 nitrogen and oxygen atoms in total. The van der Waals surface area contributed by atoms with E-state index in [1.807, 2.05) is 13.8 Å². The maximum absolute atomic E-state index is 10.0. The summed E-state index contributed by atoms with van der Waals surface area (Å²) in [4.78, 5) is 0. The Morgan fingerprint density at radius 2 is 2.08 bits per heavy atom. The Balaban J connectivity index is 4.33. The fourth-order valence-corrected chi connectivity index (χ4v) is 1.39. The zero-order valence-electron chi connectivity index (χ0n) is 8.50. The molecule has 0 aromatic rings. The zero-order valence-corrected chi connectivity index (χ0v) is 8.50. The zero-order chi connectivity index (χ0) is 9.78. The van der Waals surface area contributed by atoms with Crippen LogP contribution in [0.4, 0.5) is 0 Å². The van der Waals surface area contributed by atoms with E-state index in [2.05, 4.69) is 0 Å². The van der Waals surface area contributed by atoms with Crippen molar-refractivity contribution in [3.8, 4) is 0 Å². The number of hydrogen-bond acceptors (Lipinski definition) is 3. The van der Waals surface area contributed by atoms with Crippen molar-refractivity contribution in [1.29, 1.82) is 0 Å². The van der Waals surface area contributed by atoms with Crippen molar-refractivity contribution in [2.24, 2.45) is 11.7 Å². The monoisotopic (exact) mass is 175 g/mol. The first kappa shape index (κ1) is 11.9. The molecule has 0 aliphatic heterocycles. The van der Waals surface area contributed by atoms with Gasteiger partial charge in [-0.05, 0) is 26.8 Å². The van der Waals surface area contributed by atoms with Crippen LogP contribution in [-0.4, -0.2) is 30.5 Å². The second-order valence-corrected chi connectivity index (χ2v) is 3.44. The van der Waals surface area contributed by atoms with Crippen LogP contribution in [0.25, 0.3) is 0 Å². The Bertz CT molecular complexity index is 122. The van der Waals surface area contributed by atoms with Crippen molar-refractivity contribution in [3.05, 3.63) is 0 Å². The predicted molar refractivity (Wildman–Crippen MR) is 49.9 cm³/mol. The van der Waals surface area contributed by atoms with Gasteiger partial charge in [-0.15, -0.1) is 0 Å². The van der Waals surface area contributed by atoms with Crippen molar-refractivity contribution in [3.63, 3.8) is 0 Å². The Labute approximate surface area is 74.9 Å². The molecule has 0 aliphatic rings. The van der Waals surface area contributed by atoms with Crippen LogP contribution < -0.4 is 5.73 Å². The highest BCUT2D eigenvalue weighted by molar-refractivity contribution is 4.87. The molecule has 0 spiro atoms. The Morgan fingerprint density at radius 3 is 2.33 bits per heavy atom. The third-order valence-corrected chi connectivity index (χ3v) is 2.78. The lowest BCUT2D eigenvalue weighted by Gasteiger charge is -2.35. The summed E-state index contributed by atoms with van der Waals surface area (Å²) >= 11 is 0. The molecule has 0 aliphatic carbocycles. The number of ether oxygens (including phenoxy) is 1. The second kappa shape index (κ2) is 4.80. The minimum atomic E-state index is -0.821. The Hall–Kier alpha value is -0.120. The number of hydrogen-bond donors (Lipinski definition) is 2. The molecule has 3 N–H and O–H groups in total. The van der Waals surface area contributed by atoms with E-state index < -0.39 is 5.60 Å². The number of nitrogens with two attached hydrogens (primary N) is 1. The van der Waals surface area contributed by atoms with E-state index >= 15 is 0 Å². The molecule has 0 amide bonds. The van der Waals surface area contributed by atoms with E-state index in [0.29, 0.717) is 6.54 Å². The molecule has 0 saturated heterocycles. The van der Waals surface area contributed by atoms with E-state index in [4.69, 9.17) is 10.5 Å². The van der Waals surface area contributed by atoms with Crippen molar-refractivity contribution in [1.82, 2.24) is 0 Å². The minimum absolute atomic E-state index is 0.104. The molecule has 0 aromatic heterocycles. The predicted octanol–water partition coefficient (Wildman–Crippen LogP) is 0.757. The highest BCUT2D eigenvalue weighted by Gasteiger charge is 2.35. The van der Waals surface area contributed by atoms with Crippen LogP contribution in [0.1, 0.15) is 27.2 Å². The largest absolute Gasteiger partial charge is 0.387 e. The van der Waals surface area contributed by atoms with Gasteiger partial charge in [0, 0.05) is 13.0 Å². The van der Waals surface area contributed by atoms with Crippen LogP contribution in [0.15, 0.2) is 0 Å². The molecule has 0 bridgehead atoms. The Morgan fingerprint density at radius 1 is 1.58 bits per heavy atom. The van der Waals surface area contributed by atoms with Crippen molar-refractivity contribution in [2.75, 3.05) is 13.7 Å². The maximum atomic E-state index is 10.0. The molecule has 0 saturated carbocycles. The lowest BCUT2D eigenvalue weighted by atomic mass is 9.83. The van der Waals surface area contributed by atoms with Gasteiger partial charge >= 0.3 is 0 Å². The van der Waals surface area contributed by atoms with Crippen LogP contribution in [0.3, 0.4) is 0 Å². The van der Waals surface area contributed by atoms with E-state index in [9.17, 15) is 5.11 Å². The summed E-state index contributed by atoms with van der Waals surface area (Å²) in [6.07, 6.45) is 0.697. The van der Waals surface area contributed by atoms with Gasteiger partial charge in [-0.1, -0.05) is 6.92 Å². The fourth-order valence-electron chi connectivity index (χ4n) is 1.39. The quantitative estimate of drug-likeness (QED) is 0.648. The Kier molecular flexibility index (Phi) is 4.75. The first-order valence-electron chi connectivity index (χ1n) is 4.45. The van der Waals surface area contributed by atoms with Crippen molar-refractivity contribution < 1.29 is 9.84 Å².